The molecule has 0 bridgehead atoms. The molecule has 0 radical (unpaired) electrons. The van der Waals surface area contributed by atoms with Crippen LogP contribution in [0.15, 0.2) is 41.0 Å². The van der Waals surface area contributed by atoms with Gasteiger partial charge in [0.15, 0.2) is 0 Å². The van der Waals surface area contributed by atoms with E-state index in [1.165, 1.54) is 12.1 Å². The fraction of sp³-hybridized carbons (Fsp3) is 0.214. The lowest BCUT2D eigenvalue weighted by Gasteiger charge is -2.12. The van der Waals surface area contributed by atoms with E-state index in [2.05, 4.69) is 20.9 Å². The third-order valence-corrected chi connectivity index (χ3v) is 3.47. The Kier molecular flexibility index (Phi) is 4.09. The van der Waals surface area contributed by atoms with Gasteiger partial charge in [0, 0.05) is 17.1 Å². The van der Waals surface area contributed by atoms with Gasteiger partial charge < -0.3 is 5.11 Å². The molecule has 4 heteroatoms. The summed E-state index contributed by atoms with van der Waals surface area (Å²) in [7, 11) is 0. The standard InChI is InChI=1S/C14H13BrFNO/c1-9-4-5-17-13(6-9)14(18)8-10-7-11(16)2-3-12(10)15/h2-7,14,18H,8H2,1H3. The molecule has 18 heavy (non-hydrogen) atoms. The molecule has 94 valence electrons. The summed E-state index contributed by atoms with van der Waals surface area (Å²) in [6.07, 6.45) is 1.26. The molecule has 2 aromatic rings. The molecule has 1 N–H and O–H groups in total. The molecule has 2 rings (SSSR count). The predicted octanol–water partition coefficient (Wildman–Crippen LogP) is 3.57. The molecule has 1 atom stereocenters. The fourth-order valence-electron chi connectivity index (χ4n) is 1.75. The molecule has 0 aliphatic rings. The lowest BCUT2D eigenvalue weighted by molar-refractivity contribution is 0.173. The maximum atomic E-state index is 13.1. The number of aromatic nitrogens is 1. The van der Waals surface area contributed by atoms with Gasteiger partial charge in [-0.1, -0.05) is 15.9 Å². The zero-order chi connectivity index (χ0) is 13.1. The smallest absolute Gasteiger partial charge is 0.123 e. The Morgan fingerprint density at radius 2 is 2.11 bits per heavy atom. The minimum absolute atomic E-state index is 0.308. The molecule has 2 nitrogen and oxygen atoms in total. The van der Waals surface area contributed by atoms with Crippen molar-refractivity contribution >= 4 is 15.9 Å². The SMILES string of the molecule is Cc1ccnc(C(O)Cc2cc(F)ccc2Br)c1. The van der Waals surface area contributed by atoms with Crippen molar-refractivity contribution in [2.24, 2.45) is 0 Å². The fourth-order valence-corrected chi connectivity index (χ4v) is 2.16. The molecular weight excluding hydrogens is 297 g/mol. The van der Waals surface area contributed by atoms with Crippen LogP contribution in [0.4, 0.5) is 4.39 Å². The van der Waals surface area contributed by atoms with Gasteiger partial charge in [0.05, 0.1) is 11.8 Å². The molecule has 0 saturated heterocycles. The largest absolute Gasteiger partial charge is 0.386 e. The highest BCUT2D eigenvalue weighted by Gasteiger charge is 2.12. The number of nitrogens with zero attached hydrogens (tertiary/aromatic N) is 1. The second-order valence-electron chi connectivity index (χ2n) is 4.21. The van der Waals surface area contributed by atoms with E-state index in [0.29, 0.717) is 12.1 Å². The number of halogens is 2. The number of aryl methyl sites for hydroxylation is 1. The first-order chi connectivity index (χ1) is 8.56. The Labute approximate surface area is 114 Å². The van der Waals surface area contributed by atoms with Crippen LogP contribution in [0.2, 0.25) is 0 Å². The van der Waals surface area contributed by atoms with E-state index in [1.807, 2.05) is 19.1 Å². The molecule has 1 heterocycles. The predicted molar refractivity (Wildman–Crippen MR) is 71.7 cm³/mol. The number of aliphatic hydroxyl groups excluding tert-OH is 1. The van der Waals surface area contributed by atoms with Gasteiger partial charge in [-0.15, -0.1) is 0 Å². The lowest BCUT2D eigenvalue weighted by Crippen LogP contribution is -2.05. The second-order valence-corrected chi connectivity index (χ2v) is 5.07. The highest BCUT2D eigenvalue weighted by molar-refractivity contribution is 9.10. The topological polar surface area (TPSA) is 33.1 Å². The van der Waals surface area contributed by atoms with Crippen LogP contribution in [-0.2, 0) is 6.42 Å². The zero-order valence-electron chi connectivity index (χ0n) is 9.90. The highest BCUT2D eigenvalue weighted by atomic mass is 79.9. The van der Waals surface area contributed by atoms with Crippen LogP contribution in [-0.4, -0.2) is 10.1 Å². The zero-order valence-corrected chi connectivity index (χ0v) is 11.5. The third-order valence-electron chi connectivity index (χ3n) is 2.70. The first kappa shape index (κ1) is 13.2. The van der Waals surface area contributed by atoms with Crippen molar-refractivity contribution in [2.45, 2.75) is 19.4 Å². The molecule has 0 fully saturated rings. The summed E-state index contributed by atoms with van der Waals surface area (Å²) in [6.45, 7) is 1.94. The van der Waals surface area contributed by atoms with E-state index in [0.717, 1.165) is 15.6 Å². The molecule has 0 spiro atoms. The summed E-state index contributed by atoms with van der Waals surface area (Å²) in [5.74, 6) is -0.308. The molecule has 0 amide bonds. The minimum atomic E-state index is -0.733. The quantitative estimate of drug-likeness (QED) is 0.940. The average Bonchev–Trinajstić information content (AvgIpc) is 2.34. The van der Waals surface area contributed by atoms with Gasteiger partial charge in [-0.05, 0) is 48.4 Å². The van der Waals surface area contributed by atoms with Crippen molar-refractivity contribution in [1.82, 2.24) is 4.98 Å². The summed E-state index contributed by atoms with van der Waals surface area (Å²) < 4.78 is 13.9. The van der Waals surface area contributed by atoms with Gasteiger partial charge in [-0.2, -0.15) is 0 Å². The first-order valence-electron chi connectivity index (χ1n) is 5.61. The van der Waals surface area contributed by atoms with Crippen molar-refractivity contribution in [2.75, 3.05) is 0 Å². The Morgan fingerprint density at radius 3 is 2.83 bits per heavy atom. The number of hydrogen-bond acceptors (Lipinski definition) is 2. The van der Waals surface area contributed by atoms with Crippen LogP contribution < -0.4 is 0 Å². The number of pyridine rings is 1. The molecular formula is C14H13BrFNO. The maximum absolute atomic E-state index is 13.1. The van der Waals surface area contributed by atoms with Gasteiger partial charge in [0.1, 0.15) is 5.82 Å². The minimum Gasteiger partial charge on any atom is -0.386 e. The lowest BCUT2D eigenvalue weighted by atomic mass is 10.0. The van der Waals surface area contributed by atoms with E-state index < -0.39 is 6.10 Å². The number of benzene rings is 1. The summed E-state index contributed by atoms with van der Waals surface area (Å²) in [4.78, 5) is 4.13. The molecule has 0 aliphatic heterocycles. The van der Waals surface area contributed by atoms with Crippen LogP contribution in [0, 0.1) is 12.7 Å². The summed E-state index contributed by atoms with van der Waals surface area (Å²) >= 11 is 3.35. The second kappa shape index (κ2) is 5.59. The van der Waals surface area contributed by atoms with Crippen molar-refractivity contribution in [3.05, 3.63) is 63.6 Å². The van der Waals surface area contributed by atoms with E-state index in [-0.39, 0.29) is 5.82 Å². The van der Waals surface area contributed by atoms with Crippen LogP contribution in [0.3, 0.4) is 0 Å². The molecule has 0 saturated carbocycles. The highest BCUT2D eigenvalue weighted by Crippen LogP contribution is 2.24. The molecule has 1 aromatic carbocycles. The number of aliphatic hydroxyl groups is 1. The Hall–Kier alpha value is -1.26. The summed E-state index contributed by atoms with van der Waals surface area (Å²) in [5, 5.41) is 10.1. The maximum Gasteiger partial charge on any atom is 0.123 e. The van der Waals surface area contributed by atoms with Gasteiger partial charge >= 0.3 is 0 Å². The first-order valence-corrected chi connectivity index (χ1v) is 6.40. The van der Waals surface area contributed by atoms with Gasteiger partial charge in [0.25, 0.3) is 0 Å². The third kappa shape index (κ3) is 3.15. The van der Waals surface area contributed by atoms with Crippen LogP contribution in [0.25, 0.3) is 0 Å². The van der Waals surface area contributed by atoms with Crippen LogP contribution in [0.1, 0.15) is 22.9 Å². The van der Waals surface area contributed by atoms with Gasteiger partial charge in [0.2, 0.25) is 0 Å². The molecule has 1 unspecified atom stereocenters. The number of rotatable bonds is 3. The van der Waals surface area contributed by atoms with Crippen molar-refractivity contribution in [3.63, 3.8) is 0 Å². The summed E-state index contributed by atoms with van der Waals surface area (Å²) in [5.41, 5.74) is 2.37. The number of hydrogen-bond donors (Lipinski definition) is 1. The van der Waals surface area contributed by atoms with E-state index in [9.17, 15) is 9.50 Å². The van der Waals surface area contributed by atoms with Gasteiger partial charge in [-0.3, -0.25) is 4.98 Å². The van der Waals surface area contributed by atoms with Crippen LogP contribution >= 0.6 is 15.9 Å². The van der Waals surface area contributed by atoms with Gasteiger partial charge in [-0.25, -0.2) is 4.39 Å². The normalized spacial score (nSPS) is 12.4. The average molecular weight is 310 g/mol. The Bertz CT molecular complexity index is 559. The van der Waals surface area contributed by atoms with Crippen molar-refractivity contribution in [3.8, 4) is 0 Å². The van der Waals surface area contributed by atoms with E-state index in [1.54, 1.807) is 12.3 Å². The summed E-state index contributed by atoms with van der Waals surface area (Å²) in [6, 6.07) is 8.14. The van der Waals surface area contributed by atoms with Crippen molar-refractivity contribution in [1.29, 1.82) is 0 Å². The Balaban J connectivity index is 2.21. The van der Waals surface area contributed by atoms with Crippen molar-refractivity contribution < 1.29 is 9.50 Å². The van der Waals surface area contributed by atoms with E-state index >= 15 is 0 Å². The monoisotopic (exact) mass is 309 g/mol. The van der Waals surface area contributed by atoms with E-state index in [4.69, 9.17) is 0 Å². The van der Waals surface area contributed by atoms with Crippen LogP contribution in [0.5, 0.6) is 0 Å². The molecule has 1 aromatic heterocycles. The molecule has 0 aliphatic carbocycles. The Morgan fingerprint density at radius 1 is 1.33 bits per heavy atom.